The number of carbonyl (C=O) groups excluding carboxylic acids is 2. The largest absolute Gasteiger partial charge is 0.484 e. The molecule has 24 heavy (non-hydrogen) atoms. The van der Waals surface area contributed by atoms with Crippen molar-refractivity contribution in [2.45, 2.75) is 0 Å². The molecule has 2 aromatic carbocycles. The van der Waals surface area contributed by atoms with E-state index in [1.165, 1.54) is 24.3 Å². The number of nitrogens with zero attached hydrogens (tertiary/aromatic N) is 1. The smallest absolute Gasteiger partial charge is 0.269 e. The lowest BCUT2D eigenvalue weighted by molar-refractivity contribution is -0.384. The molecule has 8 heteroatoms. The molecule has 2 rings (SSSR count). The fourth-order valence-electron chi connectivity index (χ4n) is 1.87. The molecule has 0 atom stereocenters. The van der Waals surface area contributed by atoms with Crippen LogP contribution in [0.1, 0.15) is 10.4 Å². The van der Waals surface area contributed by atoms with Gasteiger partial charge in [-0.15, -0.1) is 0 Å². The summed E-state index contributed by atoms with van der Waals surface area (Å²) in [6, 6.07) is 11.7. The van der Waals surface area contributed by atoms with Gasteiger partial charge in [-0.25, -0.2) is 0 Å². The van der Waals surface area contributed by atoms with Crippen LogP contribution >= 0.6 is 0 Å². The highest BCUT2D eigenvalue weighted by Gasteiger charge is 2.08. The van der Waals surface area contributed by atoms with Crippen molar-refractivity contribution in [1.82, 2.24) is 0 Å². The Labute approximate surface area is 137 Å². The van der Waals surface area contributed by atoms with Crippen LogP contribution in [0.25, 0.3) is 0 Å². The Hall–Kier alpha value is -3.26. The van der Waals surface area contributed by atoms with Crippen LogP contribution in [0, 0.1) is 10.1 Å². The molecule has 2 aromatic rings. The number of nitro benzene ring substituents is 1. The topological polar surface area (TPSA) is 125 Å². The number of amides is 1. The van der Waals surface area contributed by atoms with E-state index in [1.54, 1.807) is 24.3 Å². The average molecular weight is 329 g/mol. The summed E-state index contributed by atoms with van der Waals surface area (Å²) in [5.41, 5.74) is 6.20. The Bertz CT molecular complexity index is 741. The Morgan fingerprint density at radius 3 is 2.25 bits per heavy atom. The number of hydrogen-bond acceptors (Lipinski definition) is 6. The molecule has 0 saturated carbocycles. The van der Waals surface area contributed by atoms with Crippen LogP contribution in [0.15, 0.2) is 48.5 Å². The summed E-state index contributed by atoms with van der Waals surface area (Å²) in [4.78, 5) is 33.2. The van der Waals surface area contributed by atoms with Crippen LogP contribution in [0.4, 0.5) is 11.4 Å². The van der Waals surface area contributed by atoms with E-state index in [-0.39, 0.29) is 24.6 Å². The molecular weight excluding hydrogens is 314 g/mol. The number of Topliss-reactive ketones (excluding diaryl/α,β-unsaturated/α-hetero) is 1. The molecular formula is C16H15N3O5. The van der Waals surface area contributed by atoms with Crippen LogP contribution in [0.2, 0.25) is 0 Å². The van der Waals surface area contributed by atoms with Gasteiger partial charge in [0.1, 0.15) is 5.75 Å². The Morgan fingerprint density at radius 1 is 1.08 bits per heavy atom. The maximum Gasteiger partial charge on any atom is 0.269 e. The first kappa shape index (κ1) is 17.1. The summed E-state index contributed by atoms with van der Waals surface area (Å²) in [7, 11) is 0. The fourth-order valence-corrected chi connectivity index (χ4v) is 1.87. The minimum Gasteiger partial charge on any atom is -0.484 e. The van der Waals surface area contributed by atoms with Crippen LogP contribution in [0.3, 0.4) is 0 Å². The number of anilines is 1. The highest BCUT2D eigenvalue weighted by atomic mass is 16.6. The van der Waals surface area contributed by atoms with Gasteiger partial charge in [0.2, 0.25) is 0 Å². The van der Waals surface area contributed by atoms with E-state index in [4.69, 9.17) is 10.5 Å². The maximum atomic E-state index is 11.8. The van der Waals surface area contributed by atoms with E-state index < -0.39 is 10.8 Å². The number of nitrogens with two attached hydrogens (primary N) is 1. The van der Waals surface area contributed by atoms with Crippen LogP contribution < -0.4 is 15.8 Å². The molecule has 0 unspecified atom stereocenters. The minimum atomic E-state index is -0.518. The third-order valence-electron chi connectivity index (χ3n) is 3.09. The number of non-ortho nitro benzene ring substituents is 1. The molecule has 0 spiro atoms. The van der Waals surface area contributed by atoms with Crippen molar-refractivity contribution >= 4 is 23.1 Å². The molecule has 0 bridgehead atoms. The quantitative estimate of drug-likeness (QED) is 0.453. The summed E-state index contributed by atoms with van der Waals surface area (Å²) in [6.07, 6.45) is 0. The van der Waals surface area contributed by atoms with Crippen molar-refractivity contribution in [3.63, 3.8) is 0 Å². The van der Waals surface area contributed by atoms with Gasteiger partial charge in [-0.3, -0.25) is 19.7 Å². The van der Waals surface area contributed by atoms with E-state index >= 15 is 0 Å². The van der Waals surface area contributed by atoms with Crippen LogP contribution in [-0.2, 0) is 4.79 Å². The number of rotatable bonds is 7. The monoisotopic (exact) mass is 329 g/mol. The van der Waals surface area contributed by atoms with Crippen molar-refractivity contribution in [3.05, 3.63) is 64.2 Å². The van der Waals surface area contributed by atoms with Gasteiger partial charge in [0, 0.05) is 23.4 Å². The molecule has 1 amide bonds. The second-order valence-electron chi connectivity index (χ2n) is 4.79. The van der Waals surface area contributed by atoms with Crippen molar-refractivity contribution < 1.29 is 19.2 Å². The number of nitro groups is 1. The zero-order valence-electron chi connectivity index (χ0n) is 12.6. The SMILES string of the molecule is NCC(=O)c1ccc(NC(=O)COc2ccc([N+](=O)[O-])cc2)cc1. The minimum absolute atomic E-state index is 0.0566. The lowest BCUT2D eigenvalue weighted by atomic mass is 10.1. The third-order valence-corrected chi connectivity index (χ3v) is 3.09. The van der Waals surface area contributed by atoms with Gasteiger partial charge in [-0.1, -0.05) is 0 Å². The summed E-state index contributed by atoms with van der Waals surface area (Å²) in [6.45, 7) is -0.323. The molecule has 0 aliphatic carbocycles. The van der Waals surface area contributed by atoms with Gasteiger partial charge in [-0.05, 0) is 36.4 Å². The number of hydrogen-bond donors (Lipinski definition) is 2. The van der Waals surface area contributed by atoms with Crippen LogP contribution in [-0.4, -0.2) is 29.8 Å². The molecule has 0 aliphatic heterocycles. The summed E-state index contributed by atoms with van der Waals surface area (Å²) < 4.78 is 5.25. The first-order valence-corrected chi connectivity index (χ1v) is 7.00. The number of ketones is 1. The normalized spacial score (nSPS) is 10.0. The number of benzene rings is 2. The molecule has 0 saturated heterocycles. The van der Waals surface area contributed by atoms with E-state index in [2.05, 4.69) is 5.32 Å². The van der Waals surface area contributed by atoms with Crippen molar-refractivity contribution in [2.75, 3.05) is 18.5 Å². The molecule has 124 valence electrons. The molecule has 3 N–H and O–H groups in total. The lowest BCUT2D eigenvalue weighted by Gasteiger charge is -2.08. The third kappa shape index (κ3) is 4.62. The van der Waals surface area contributed by atoms with Crippen molar-refractivity contribution in [1.29, 1.82) is 0 Å². The second kappa shape index (κ2) is 7.84. The second-order valence-corrected chi connectivity index (χ2v) is 4.79. The molecule has 8 nitrogen and oxygen atoms in total. The molecule has 0 aromatic heterocycles. The van der Waals surface area contributed by atoms with E-state index in [1.807, 2.05) is 0 Å². The molecule has 0 aliphatic rings. The van der Waals surface area contributed by atoms with E-state index in [0.717, 1.165) is 0 Å². The first-order valence-electron chi connectivity index (χ1n) is 7.00. The summed E-state index contributed by atoms with van der Waals surface area (Å²) >= 11 is 0. The Kier molecular flexibility index (Phi) is 5.58. The van der Waals surface area contributed by atoms with Crippen molar-refractivity contribution in [3.8, 4) is 5.75 Å². The van der Waals surface area contributed by atoms with E-state index in [9.17, 15) is 19.7 Å². The summed E-state index contributed by atoms with van der Waals surface area (Å²) in [5.74, 6) is -0.236. The van der Waals surface area contributed by atoms with Gasteiger partial charge < -0.3 is 15.8 Å². The maximum absolute atomic E-state index is 11.8. The van der Waals surface area contributed by atoms with Gasteiger partial charge >= 0.3 is 0 Å². The van der Waals surface area contributed by atoms with Gasteiger partial charge in [-0.2, -0.15) is 0 Å². The number of carbonyl (C=O) groups is 2. The van der Waals surface area contributed by atoms with Gasteiger partial charge in [0.15, 0.2) is 12.4 Å². The van der Waals surface area contributed by atoms with E-state index in [0.29, 0.717) is 17.0 Å². The van der Waals surface area contributed by atoms with Gasteiger partial charge in [0.25, 0.3) is 11.6 Å². The average Bonchev–Trinajstić information content (AvgIpc) is 2.60. The van der Waals surface area contributed by atoms with Crippen molar-refractivity contribution in [2.24, 2.45) is 5.73 Å². The predicted molar refractivity (Wildman–Crippen MR) is 87.0 cm³/mol. The van der Waals surface area contributed by atoms with Crippen LogP contribution in [0.5, 0.6) is 5.75 Å². The first-order chi connectivity index (χ1) is 11.5. The highest BCUT2D eigenvalue weighted by molar-refractivity contribution is 5.98. The molecule has 0 fully saturated rings. The lowest BCUT2D eigenvalue weighted by Crippen LogP contribution is -2.20. The summed E-state index contributed by atoms with van der Waals surface area (Å²) in [5, 5.41) is 13.2. The Balaban J connectivity index is 1.86. The molecule has 0 radical (unpaired) electrons. The fraction of sp³-hybridized carbons (Fsp3) is 0.125. The van der Waals surface area contributed by atoms with Gasteiger partial charge in [0.05, 0.1) is 11.5 Å². The zero-order valence-corrected chi connectivity index (χ0v) is 12.6. The molecule has 0 heterocycles. The number of ether oxygens (including phenoxy) is 1. The zero-order chi connectivity index (χ0) is 17.5. The highest BCUT2D eigenvalue weighted by Crippen LogP contribution is 2.17. The standard InChI is InChI=1S/C16H15N3O5/c17-9-15(20)11-1-3-12(4-2-11)18-16(21)10-24-14-7-5-13(6-8-14)19(22)23/h1-8H,9-10,17H2,(H,18,21). The number of nitrogens with one attached hydrogen (secondary N) is 1. The predicted octanol–water partition coefficient (Wildman–Crippen LogP) is 1.75. The Morgan fingerprint density at radius 2 is 1.71 bits per heavy atom.